The van der Waals surface area contributed by atoms with Crippen LogP contribution in [-0.2, 0) is 4.74 Å². The SMILES string of the molecule is CCCCCCCCCCC#Cc1cn([C@H]2C[C@H](O)[C@@H](CO)O2)c(=O)[nH]c1=O. The number of aromatic amines is 1. The van der Waals surface area contributed by atoms with Gasteiger partial charge in [-0.3, -0.25) is 14.3 Å². The van der Waals surface area contributed by atoms with Crippen LogP contribution in [0.3, 0.4) is 0 Å². The number of ether oxygens (including phenoxy) is 1. The number of hydrogen-bond donors (Lipinski definition) is 3. The van der Waals surface area contributed by atoms with Gasteiger partial charge in [0, 0.05) is 19.0 Å². The number of aromatic nitrogens is 2. The molecule has 0 amide bonds. The van der Waals surface area contributed by atoms with Gasteiger partial charge in [0.15, 0.2) is 0 Å². The van der Waals surface area contributed by atoms with E-state index in [9.17, 15) is 19.8 Å². The standard InChI is InChI=1S/C21H32N2O5/c1-2-3-4-5-6-7-8-9-10-11-12-16-14-23(21(27)22-20(16)26)19-13-17(25)18(15-24)28-19/h14,17-19,24-25H,2-10,13,15H2,1H3,(H,22,26,27)/t17-,18+,19+/m0/s1. The molecule has 0 aliphatic carbocycles. The first-order chi connectivity index (χ1) is 13.6. The molecule has 0 bridgehead atoms. The molecule has 156 valence electrons. The van der Waals surface area contributed by atoms with Crippen molar-refractivity contribution < 1.29 is 14.9 Å². The van der Waals surface area contributed by atoms with Gasteiger partial charge in [0.2, 0.25) is 0 Å². The lowest BCUT2D eigenvalue weighted by molar-refractivity contribution is -0.0459. The summed E-state index contributed by atoms with van der Waals surface area (Å²) >= 11 is 0. The minimum atomic E-state index is -0.856. The fraction of sp³-hybridized carbons (Fsp3) is 0.714. The topological polar surface area (TPSA) is 105 Å². The maximum Gasteiger partial charge on any atom is 0.330 e. The number of unbranched alkanes of at least 4 members (excludes halogenated alkanes) is 8. The Morgan fingerprint density at radius 1 is 1.18 bits per heavy atom. The van der Waals surface area contributed by atoms with Gasteiger partial charge < -0.3 is 14.9 Å². The highest BCUT2D eigenvalue weighted by Crippen LogP contribution is 2.27. The van der Waals surface area contributed by atoms with Crippen LogP contribution in [0.25, 0.3) is 0 Å². The zero-order valence-electron chi connectivity index (χ0n) is 16.7. The van der Waals surface area contributed by atoms with Crippen LogP contribution in [0.1, 0.15) is 82.9 Å². The lowest BCUT2D eigenvalue weighted by Crippen LogP contribution is -2.33. The lowest BCUT2D eigenvalue weighted by Gasteiger charge is -2.14. The molecule has 1 aliphatic rings. The average molecular weight is 392 g/mol. The van der Waals surface area contributed by atoms with Crippen molar-refractivity contribution in [3.63, 3.8) is 0 Å². The van der Waals surface area contributed by atoms with E-state index in [4.69, 9.17) is 4.74 Å². The lowest BCUT2D eigenvalue weighted by atomic mass is 10.1. The van der Waals surface area contributed by atoms with E-state index < -0.39 is 29.7 Å². The van der Waals surface area contributed by atoms with Crippen LogP contribution >= 0.6 is 0 Å². The fourth-order valence-electron chi connectivity index (χ4n) is 3.34. The fourth-order valence-corrected chi connectivity index (χ4v) is 3.34. The van der Waals surface area contributed by atoms with Crippen LogP contribution in [0, 0.1) is 11.8 Å². The molecule has 1 aromatic heterocycles. The third kappa shape index (κ3) is 6.62. The number of H-pyrrole nitrogens is 1. The summed E-state index contributed by atoms with van der Waals surface area (Å²) in [5.41, 5.74) is -0.943. The van der Waals surface area contributed by atoms with Crippen molar-refractivity contribution in [1.82, 2.24) is 9.55 Å². The minimum Gasteiger partial charge on any atom is -0.394 e. The molecule has 0 saturated carbocycles. The van der Waals surface area contributed by atoms with Crippen molar-refractivity contribution in [2.24, 2.45) is 0 Å². The summed E-state index contributed by atoms with van der Waals surface area (Å²) in [6.07, 6.45) is 9.72. The second-order valence-electron chi connectivity index (χ2n) is 7.35. The highest BCUT2D eigenvalue weighted by molar-refractivity contribution is 5.29. The van der Waals surface area contributed by atoms with Gasteiger partial charge in [-0.05, 0) is 6.42 Å². The molecule has 7 nitrogen and oxygen atoms in total. The molecular formula is C21H32N2O5. The number of nitrogens with zero attached hydrogens (tertiary/aromatic N) is 1. The molecule has 2 heterocycles. The number of rotatable bonds is 10. The van der Waals surface area contributed by atoms with Gasteiger partial charge in [-0.15, -0.1) is 0 Å². The maximum absolute atomic E-state index is 12.1. The summed E-state index contributed by atoms with van der Waals surface area (Å²) in [4.78, 5) is 26.3. The Morgan fingerprint density at radius 2 is 1.86 bits per heavy atom. The Labute approximate surface area is 165 Å². The maximum atomic E-state index is 12.1. The molecule has 0 aromatic carbocycles. The molecule has 1 saturated heterocycles. The van der Waals surface area contributed by atoms with Gasteiger partial charge in [0.05, 0.1) is 12.7 Å². The van der Waals surface area contributed by atoms with E-state index in [1.807, 2.05) is 0 Å². The van der Waals surface area contributed by atoms with Crippen molar-refractivity contribution in [2.45, 2.75) is 89.6 Å². The first-order valence-electron chi connectivity index (χ1n) is 10.4. The number of aliphatic hydroxyl groups is 2. The first-order valence-corrected chi connectivity index (χ1v) is 10.4. The van der Waals surface area contributed by atoms with Gasteiger partial charge >= 0.3 is 5.69 Å². The zero-order chi connectivity index (χ0) is 20.4. The average Bonchev–Trinajstić information content (AvgIpc) is 3.05. The molecule has 0 radical (unpaired) electrons. The van der Waals surface area contributed by atoms with E-state index in [0.717, 1.165) is 12.8 Å². The van der Waals surface area contributed by atoms with Crippen LogP contribution in [-0.4, -0.2) is 38.6 Å². The summed E-state index contributed by atoms with van der Waals surface area (Å²) in [6.45, 7) is 1.88. The van der Waals surface area contributed by atoms with Crippen molar-refractivity contribution in [1.29, 1.82) is 0 Å². The molecule has 7 heteroatoms. The summed E-state index contributed by atoms with van der Waals surface area (Å²) in [5, 5.41) is 19.0. The number of hydrogen-bond acceptors (Lipinski definition) is 5. The quantitative estimate of drug-likeness (QED) is 0.418. The smallest absolute Gasteiger partial charge is 0.330 e. The normalized spacial score (nSPS) is 21.5. The van der Waals surface area contributed by atoms with E-state index in [1.54, 1.807) is 0 Å². The third-order valence-electron chi connectivity index (χ3n) is 5.04. The van der Waals surface area contributed by atoms with Gasteiger partial charge in [0.1, 0.15) is 17.9 Å². The molecule has 2 rings (SSSR count). The summed E-state index contributed by atoms with van der Waals surface area (Å²) in [6, 6.07) is 0. The van der Waals surface area contributed by atoms with Crippen LogP contribution in [0.5, 0.6) is 0 Å². The van der Waals surface area contributed by atoms with Crippen LogP contribution in [0.4, 0.5) is 0 Å². The molecule has 3 N–H and O–H groups in total. The van der Waals surface area contributed by atoms with Gasteiger partial charge in [0.25, 0.3) is 5.56 Å². The molecule has 0 unspecified atom stereocenters. The first kappa shape index (κ1) is 22.4. The second kappa shape index (κ2) is 11.8. The molecular weight excluding hydrogens is 360 g/mol. The van der Waals surface area contributed by atoms with E-state index >= 15 is 0 Å². The van der Waals surface area contributed by atoms with Crippen molar-refractivity contribution >= 4 is 0 Å². The largest absolute Gasteiger partial charge is 0.394 e. The van der Waals surface area contributed by atoms with Crippen molar-refractivity contribution in [3.05, 3.63) is 32.6 Å². The van der Waals surface area contributed by atoms with Gasteiger partial charge in [-0.1, -0.05) is 63.7 Å². The molecule has 3 atom stereocenters. The Kier molecular flexibility index (Phi) is 9.48. The molecule has 1 aliphatic heterocycles. The number of nitrogens with one attached hydrogen (secondary N) is 1. The van der Waals surface area contributed by atoms with Gasteiger partial charge in [-0.25, -0.2) is 4.79 Å². The van der Waals surface area contributed by atoms with Crippen LogP contribution < -0.4 is 11.2 Å². The summed E-state index contributed by atoms with van der Waals surface area (Å²) in [7, 11) is 0. The summed E-state index contributed by atoms with van der Waals surface area (Å²) < 4.78 is 6.71. The van der Waals surface area contributed by atoms with Crippen molar-refractivity contribution in [3.8, 4) is 11.8 Å². The molecule has 0 spiro atoms. The Hall–Kier alpha value is -1.88. The molecule has 1 fully saturated rings. The minimum absolute atomic E-state index is 0.169. The van der Waals surface area contributed by atoms with E-state index in [2.05, 4.69) is 23.7 Å². The van der Waals surface area contributed by atoms with Crippen LogP contribution in [0.2, 0.25) is 0 Å². The van der Waals surface area contributed by atoms with Crippen LogP contribution in [0.15, 0.2) is 15.8 Å². The van der Waals surface area contributed by atoms with E-state index in [-0.39, 0.29) is 18.6 Å². The predicted molar refractivity (Wildman–Crippen MR) is 107 cm³/mol. The predicted octanol–water partition coefficient (Wildman–Crippen LogP) is 2.06. The Morgan fingerprint density at radius 3 is 2.50 bits per heavy atom. The Balaban J connectivity index is 1.87. The van der Waals surface area contributed by atoms with E-state index in [0.29, 0.717) is 6.42 Å². The highest BCUT2D eigenvalue weighted by atomic mass is 16.5. The monoisotopic (exact) mass is 392 g/mol. The Bertz CT molecular complexity index is 773. The molecule has 1 aromatic rings. The zero-order valence-corrected chi connectivity index (χ0v) is 16.7. The van der Waals surface area contributed by atoms with E-state index in [1.165, 1.54) is 49.3 Å². The molecule has 28 heavy (non-hydrogen) atoms. The van der Waals surface area contributed by atoms with Crippen molar-refractivity contribution in [2.75, 3.05) is 6.61 Å². The third-order valence-corrected chi connectivity index (χ3v) is 5.04. The highest BCUT2D eigenvalue weighted by Gasteiger charge is 2.35. The summed E-state index contributed by atoms with van der Waals surface area (Å²) in [5.74, 6) is 5.84. The number of aliphatic hydroxyl groups excluding tert-OH is 2. The van der Waals surface area contributed by atoms with Gasteiger partial charge in [-0.2, -0.15) is 0 Å². The second-order valence-corrected chi connectivity index (χ2v) is 7.35.